The van der Waals surface area contributed by atoms with Crippen molar-refractivity contribution in [1.82, 2.24) is 0 Å². The number of azo groups is 1. The zero-order chi connectivity index (χ0) is 10.1. The fourth-order valence-electron chi connectivity index (χ4n) is 1.06. The minimum atomic E-state index is -3.40. The molecule has 1 unspecified atom stereocenters. The van der Waals surface area contributed by atoms with Gasteiger partial charge in [-0.15, -0.1) is 5.11 Å². The first kappa shape index (κ1) is 10.4. The quantitative estimate of drug-likeness (QED) is 0.716. The van der Waals surface area contributed by atoms with Gasteiger partial charge in [0, 0.05) is 14.2 Å². The van der Waals surface area contributed by atoms with Crippen molar-refractivity contribution in [2.45, 2.75) is 13.0 Å². The van der Waals surface area contributed by atoms with E-state index in [4.69, 9.17) is 9.05 Å². The molecule has 13 heavy (non-hydrogen) atoms. The van der Waals surface area contributed by atoms with Gasteiger partial charge in [-0.05, 0) is 6.92 Å². The summed E-state index contributed by atoms with van der Waals surface area (Å²) in [6, 6.07) is -0.467. The first-order chi connectivity index (χ1) is 6.05. The van der Waals surface area contributed by atoms with Gasteiger partial charge in [-0.2, -0.15) is 5.11 Å². The maximum atomic E-state index is 11.8. The topological polar surface area (TPSA) is 80.5 Å². The third kappa shape index (κ3) is 1.65. The number of nitrogens with zero attached hydrogens (tertiary/aromatic N) is 2. The molecule has 0 aromatic heterocycles. The fraction of sp³-hybridized carbons (Fsp3) is 0.667. The van der Waals surface area contributed by atoms with Gasteiger partial charge in [-0.3, -0.25) is 4.57 Å². The smallest absolute Gasteiger partial charge is 0.364 e. The summed E-state index contributed by atoms with van der Waals surface area (Å²) in [4.78, 5) is 0. The van der Waals surface area contributed by atoms with E-state index in [0.29, 0.717) is 0 Å². The highest BCUT2D eigenvalue weighted by Crippen LogP contribution is 2.58. The molecule has 1 rings (SSSR count). The predicted molar refractivity (Wildman–Crippen MR) is 45.6 cm³/mol. The maximum absolute atomic E-state index is 11.8. The minimum Gasteiger partial charge on any atom is -0.492 e. The summed E-state index contributed by atoms with van der Waals surface area (Å²) in [6.07, 6.45) is 0. The van der Waals surface area contributed by atoms with Crippen molar-refractivity contribution in [3.05, 3.63) is 11.2 Å². The van der Waals surface area contributed by atoms with Crippen LogP contribution in [-0.4, -0.2) is 25.4 Å². The van der Waals surface area contributed by atoms with Gasteiger partial charge in [0.2, 0.25) is 5.88 Å². The van der Waals surface area contributed by atoms with Gasteiger partial charge in [0.1, 0.15) is 11.4 Å². The van der Waals surface area contributed by atoms with E-state index < -0.39 is 13.6 Å². The molecule has 1 aliphatic rings. The summed E-state index contributed by atoms with van der Waals surface area (Å²) in [6.45, 7) is 1.65. The molecular weight excluding hydrogens is 195 g/mol. The molecule has 7 heteroatoms. The van der Waals surface area contributed by atoms with E-state index in [-0.39, 0.29) is 11.2 Å². The molecule has 0 spiro atoms. The summed E-state index contributed by atoms with van der Waals surface area (Å²) in [7, 11) is -0.908. The van der Waals surface area contributed by atoms with E-state index >= 15 is 0 Å². The molecule has 0 amide bonds. The average Bonchev–Trinajstić information content (AvgIpc) is 2.46. The number of rotatable bonds is 3. The van der Waals surface area contributed by atoms with Crippen molar-refractivity contribution in [3.63, 3.8) is 0 Å². The monoisotopic (exact) mass is 206 g/mol. The molecule has 0 bridgehead atoms. The fourth-order valence-corrected chi connectivity index (χ4v) is 2.40. The number of hydrogen-bond donors (Lipinski definition) is 1. The van der Waals surface area contributed by atoms with Crippen molar-refractivity contribution in [2.75, 3.05) is 14.2 Å². The lowest BCUT2D eigenvalue weighted by molar-refractivity contribution is 0.279. The van der Waals surface area contributed by atoms with Crippen LogP contribution in [0.4, 0.5) is 0 Å². The van der Waals surface area contributed by atoms with Gasteiger partial charge < -0.3 is 14.2 Å². The van der Waals surface area contributed by atoms with Gasteiger partial charge in [0.25, 0.3) is 0 Å². The summed E-state index contributed by atoms with van der Waals surface area (Å²) < 4.78 is 21.2. The lowest BCUT2D eigenvalue weighted by Crippen LogP contribution is -2.04. The Hall–Kier alpha value is -0.710. The van der Waals surface area contributed by atoms with E-state index in [1.54, 1.807) is 6.92 Å². The van der Waals surface area contributed by atoms with Crippen LogP contribution in [0, 0.1) is 0 Å². The zero-order valence-electron chi connectivity index (χ0n) is 7.59. The molecule has 0 saturated heterocycles. The van der Waals surface area contributed by atoms with Gasteiger partial charge in [0.05, 0.1) is 0 Å². The summed E-state index contributed by atoms with van der Waals surface area (Å²) in [5.74, 6) is -0.375. The normalized spacial score (nSPS) is 22.8. The highest BCUT2D eigenvalue weighted by molar-refractivity contribution is 7.58. The van der Waals surface area contributed by atoms with Crippen molar-refractivity contribution < 1.29 is 18.7 Å². The molecule has 0 aliphatic carbocycles. The number of aliphatic hydroxyl groups is 1. The standard InChI is InChI=1S/C6H11N2O4P/c1-4-5(6(9)8-7-4)13(10,11-2)12-3/h4,9H,1-3H3. The number of aliphatic hydroxyl groups excluding tert-OH is 1. The van der Waals surface area contributed by atoms with Crippen molar-refractivity contribution in [3.8, 4) is 0 Å². The predicted octanol–water partition coefficient (Wildman–Crippen LogP) is 2.05. The Morgan fingerprint density at radius 1 is 1.46 bits per heavy atom. The largest absolute Gasteiger partial charge is 0.492 e. The third-order valence-corrected chi connectivity index (χ3v) is 3.85. The molecule has 1 N–H and O–H groups in total. The average molecular weight is 206 g/mol. The molecule has 0 aromatic rings. The van der Waals surface area contributed by atoms with Crippen LogP contribution in [0.25, 0.3) is 0 Å². The number of hydrogen-bond acceptors (Lipinski definition) is 6. The van der Waals surface area contributed by atoms with E-state index in [0.717, 1.165) is 0 Å². The van der Waals surface area contributed by atoms with E-state index in [1.807, 2.05) is 0 Å². The van der Waals surface area contributed by atoms with Crippen LogP contribution in [0.3, 0.4) is 0 Å². The second kappa shape index (κ2) is 3.57. The SMILES string of the molecule is COP(=O)(OC)C1=C(O)N=NC1C. The van der Waals surface area contributed by atoms with Gasteiger partial charge in [-0.1, -0.05) is 0 Å². The highest BCUT2D eigenvalue weighted by atomic mass is 31.2. The van der Waals surface area contributed by atoms with E-state index in [9.17, 15) is 9.67 Å². The van der Waals surface area contributed by atoms with Crippen LogP contribution in [0.5, 0.6) is 0 Å². The van der Waals surface area contributed by atoms with Gasteiger partial charge >= 0.3 is 7.60 Å². The van der Waals surface area contributed by atoms with Crippen LogP contribution >= 0.6 is 7.60 Å². The van der Waals surface area contributed by atoms with Crippen LogP contribution in [0.2, 0.25) is 0 Å². The van der Waals surface area contributed by atoms with Crippen LogP contribution < -0.4 is 0 Å². The van der Waals surface area contributed by atoms with Crippen molar-refractivity contribution >= 4 is 7.60 Å². The summed E-state index contributed by atoms with van der Waals surface area (Å²) in [5, 5.41) is 16.4. The zero-order valence-corrected chi connectivity index (χ0v) is 8.49. The first-order valence-electron chi connectivity index (χ1n) is 3.61. The van der Waals surface area contributed by atoms with Crippen LogP contribution in [0.1, 0.15) is 6.92 Å². The molecule has 0 radical (unpaired) electrons. The Bertz CT molecular complexity index is 304. The minimum absolute atomic E-state index is 0.109. The molecule has 1 heterocycles. The maximum Gasteiger partial charge on any atom is 0.364 e. The lowest BCUT2D eigenvalue weighted by atomic mass is 10.3. The van der Waals surface area contributed by atoms with Crippen LogP contribution in [0.15, 0.2) is 21.4 Å². The highest BCUT2D eigenvalue weighted by Gasteiger charge is 2.38. The third-order valence-electron chi connectivity index (χ3n) is 1.73. The summed E-state index contributed by atoms with van der Waals surface area (Å²) in [5.41, 5.74) is 0. The molecule has 1 atom stereocenters. The molecule has 0 aromatic carbocycles. The van der Waals surface area contributed by atoms with Crippen LogP contribution in [-0.2, 0) is 13.6 Å². The summed E-state index contributed by atoms with van der Waals surface area (Å²) >= 11 is 0. The van der Waals surface area contributed by atoms with Gasteiger partial charge in [-0.25, -0.2) is 0 Å². The first-order valence-corrected chi connectivity index (χ1v) is 5.15. The Labute approximate surface area is 75.8 Å². The molecule has 74 valence electrons. The Morgan fingerprint density at radius 2 is 2.00 bits per heavy atom. The molecule has 0 fully saturated rings. The molecule has 6 nitrogen and oxygen atoms in total. The molecular formula is C6H11N2O4P. The van der Waals surface area contributed by atoms with Crippen molar-refractivity contribution in [1.29, 1.82) is 0 Å². The Kier molecular flexibility index (Phi) is 2.85. The molecule has 0 saturated carbocycles. The lowest BCUT2D eigenvalue weighted by Gasteiger charge is -2.15. The van der Waals surface area contributed by atoms with E-state index in [1.165, 1.54) is 14.2 Å². The van der Waals surface area contributed by atoms with E-state index in [2.05, 4.69) is 10.2 Å². The Morgan fingerprint density at radius 3 is 2.31 bits per heavy atom. The Balaban J connectivity index is 3.08. The van der Waals surface area contributed by atoms with Crippen molar-refractivity contribution in [2.24, 2.45) is 10.2 Å². The second-order valence-electron chi connectivity index (χ2n) is 2.46. The second-order valence-corrected chi connectivity index (χ2v) is 4.67. The van der Waals surface area contributed by atoms with Gasteiger partial charge in [0.15, 0.2) is 0 Å². The molecule has 1 aliphatic heterocycles.